The maximum Gasteiger partial charge on any atom is 0.326 e. The molecule has 1 unspecified atom stereocenters. The van der Waals surface area contributed by atoms with Crippen LogP contribution in [-0.4, -0.2) is 31.7 Å². The predicted octanol–water partition coefficient (Wildman–Crippen LogP) is 1.24. The summed E-state index contributed by atoms with van der Waals surface area (Å²) in [5.74, 6) is -0.375. The first-order valence-corrected chi connectivity index (χ1v) is 5.39. The monoisotopic (exact) mass is 234 g/mol. The summed E-state index contributed by atoms with van der Waals surface area (Å²) >= 11 is 0. The van der Waals surface area contributed by atoms with Crippen LogP contribution in [0, 0.1) is 0 Å². The van der Waals surface area contributed by atoms with Crippen LogP contribution in [0.5, 0.6) is 0 Å². The van der Waals surface area contributed by atoms with Crippen LogP contribution in [0.25, 0.3) is 11.0 Å². The van der Waals surface area contributed by atoms with Gasteiger partial charge in [0.1, 0.15) is 11.6 Å². The molecular weight excluding hydrogens is 220 g/mol. The number of nitrogens with zero attached hydrogens (tertiary/aromatic N) is 3. The lowest BCUT2D eigenvalue weighted by molar-refractivity contribution is -0.137. The minimum absolute atomic E-state index is 0.486. The van der Waals surface area contributed by atoms with Crippen molar-refractivity contribution >= 4 is 22.8 Å². The quantitative estimate of drug-likeness (QED) is 0.832. The molecular formula is C11H14N4O2. The van der Waals surface area contributed by atoms with E-state index < -0.39 is 12.0 Å². The molecule has 0 spiro atoms. The van der Waals surface area contributed by atoms with E-state index in [1.54, 1.807) is 12.5 Å². The minimum atomic E-state index is -0.887. The van der Waals surface area contributed by atoms with E-state index in [4.69, 9.17) is 5.11 Å². The fourth-order valence-electron chi connectivity index (χ4n) is 1.67. The van der Waals surface area contributed by atoms with E-state index >= 15 is 0 Å². The van der Waals surface area contributed by atoms with Crippen LogP contribution in [-0.2, 0) is 11.8 Å². The van der Waals surface area contributed by atoms with Gasteiger partial charge in [-0.25, -0.2) is 14.8 Å². The van der Waals surface area contributed by atoms with Crippen molar-refractivity contribution in [3.8, 4) is 0 Å². The molecule has 0 aliphatic rings. The second-order valence-electron chi connectivity index (χ2n) is 3.83. The van der Waals surface area contributed by atoms with Gasteiger partial charge in [0.2, 0.25) is 0 Å². The Labute approximate surface area is 98.3 Å². The van der Waals surface area contributed by atoms with Crippen LogP contribution in [0.15, 0.2) is 18.6 Å². The summed E-state index contributed by atoms with van der Waals surface area (Å²) in [5.41, 5.74) is 1.61. The van der Waals surface area contributed by atoms with E-state index in [0.717, 1.165) is 5.52 Å². The molecule has 0 bridgehead atoms. The van der Waals surface area contributed by atoms with Crippen molar-refractivity contribution in [1.82, 2.24) is 14.5 Å². The molecule has 90 valence electrons. The Morgan fingerprint density at radius 3 is 3.00 bits per heavy atom. The molecule has 0 saturated heterocycles. The number of aliphatic carboxylic acids is 1. The average Bonchev–Trinajstić information content (AvgIpc) is 2.69. The van der Waals surface area contributed by atoms with Gasteiger partial charge in [0.15, 0.2) is 5.82 Å². The minimum Gasteiger partial charge on any atom is -0.480 e. The summed E-state index contributed by atoms with van der Waals surface area (Å²) < 4.78 is 1.86. The van der Waals surface area contributed by atoms with E-state index in [-0.39, 0.29) is 0 Å². The Morgan fingerprint density at radius 2 is 2.35 bits per heavy atom. The van der Waals surface area contributed by atoms with Crippen LogP contribution in [0.2, 0.25) is 0 Å². The summed E-state index contributed by atoms with van der Waals surface area (Å²) in [5, 5.41) is 11.9. The highest BCUT2D eigenvalue weighted by molar-refractivity contribution is 5.88. The molecule has 2 aromatic heterocycles. The maximum atomic E-state index is 11.0. The first-order valence-electron chi connectivity index (χ1n) is 5.39. The Morgan fingerprint density at radius 1 is 1.59 bits per heavy atom. The van der Waals surface area contributed by atoms with Crippen LogP contribution < -0.4 is 5.32 Å². The molecule has 0 saturated carbocycles. The maximum absolute atomic E-state index is 11.0. The first-order chi connectivity index (χ1) is 8.13. The van der Waals surface area contributed by atoms with Crippen molar-refractivity contribution in [3.63, 3.8) is 0 Å². The van der Waals surface area contributed by atoms with E-state index in [1.165, 1.54) is 0 Å². The average molecular weight is 234 g/mol. The molecule has 2 N–H and O–H groups in total. The number of fused-ring (bicyclic) bond motifs is 1. The van der Waals surface area contributed by atoms with Crippen LogP contribution in [0.1, 0.15) is 13.3 Å². The lowest BCUT2D eigenvalue weighted by Crippen LogP contribution is -2.28. The smallest absolute Gasteiger partial charge is 0.326 e. The first kappa shape index (κ1) is 11.4. The second-order valence-corrected chi connectivity index (χ2v) is 3.83. The van der Waals surface area contributed by atoms with Crippen LogP contribution in [0.3, 0.4) is 0 Å². The molecule has 2 aromatic rings. The van der Waals surface area contributed by atoms with Crippen molar-refractivity contribution in [3.05, 3.63) is 18.6 Å². The van der Waals surface area contributed by atoms with Crippen molar-refractivity contribution in [2.45, 2.75) is 19.4 Å². The van der Waals surface area contributed by atoms with Crippen molar-refractivity contribution in [2.24, 2.45) is 7.05 Å². The number of aryl methyl sites for hydroxylation is 1. The van der Waals surface area contributed by atoms with E-state index in [9.17, 15) is 4.79 Å². The third-order valence-corrected chi connectivity index (χ3v) is 2.66. The van der Waals surface area contributed by atoms with Gasteiger partial charge in [0, 0.05) is 13.2 Å². The Bertz CT molecular complexity index is 549. The SMILES string of the molecule is CCC(Nc1nccc2c1ncn2C)C(=O)O. The number of carboxylic acid groups (broad SMARTS) is 1. The lowest BCUT2D eigenvalue weighted by Gasteiger charge is -2.12. The summed E-state index contributed by atoms with van der Waals surface area (Å²) in [4.78, 5) is 19.3. The van der Waals surface area contributed by atoms with Gasteiger partial charge in [-0.2, -0.15) is 0 Å². The molecule has 0 radical (unpaired) electrons. The van der Waals surface area contributed by atoms with Gasteiger partial charge in [0.05, 0.1) is 11.8 Å². The van der Waals surface area contributed by atoms with Gasteiger partial charge in [-0.1, -0.05) is 6.92 Å². The number of aromatic nitrogens is 3. The summed E-state index contributed by atoms with van der Waals surface area (Å²) in [6, 6.07) is 1.20. The van der Waals surface area contributed by atoms with Crippen molar-refractivity contribution < 1.29 is 9.90 Å². The van der Waals surface area contributed by atoms with Gasteiger partial charge in [-0.05, 0) is 12.5 Å². The number of hydrogen-bond donors (Lipinski definition) is 2. The second kappa shape index (κ2) is 4.40. The van der Waals surface area contributed by atoms with Crippen molar-refractivity contribution in [2.75, 3.05) is 5.32 Å². The zero-order valence-electron chi connectivity index (χ0n) is 9.71. The zero-order valence-corrected chi connectivity index (χ0v) is 9.71. The van der Waals surface area contributed by atoms with Crippen LogP contribution >= 0.6 is 0 Å². The van der Waals surface area contributed by atoms with Gasteiger partial charge in [-0.15, -0.1) is 0 Å². The third kappa shape index (κ3) is 2.06. The number of imidazole rings is 1. The fraction of sp³-hybridized carbons (Fsp3) is 0.364. The molecule has 0 amide bonds. The van der Waals surface area contributed by atoms with E-state index in [1.807, 2.05) is 24.6 Å². The molecule has 6 nitrogen and oxygen atoms in total. The summed E-state index contributed by atoms with van der Waals surface area (Å²) in [7, 11) is 1.88. The third-order valence-electron chi connectivity index (χ3n) is 2.66. The number of anilines is 1. The number of nitrogens with one attached hydrogen (secondary N) is 1. The number of rotatable bonds is 4. The summed E-state index contributed by atoms with van der Waals surface area (Å²) in [6.07, 6.45) is 3.81. The highest BCUT2D eigenvalue weighted by Crippen LogP contribution is 2.19. The Hall–Kier alpha value is -2.11. The number of carboxylic acids is 1. The van der Waals surface area contributed by atoms with Gasteiger partial charge in [0.25, 0.3) is 0 Å². The van der Waals surface area contributed by atoms with E-state index in [0.29, 0.717) is 17.8 Å². The molecule has 2 heterocycles. The van der Waals surface area contributed by atoms with E-state index in [2.05, 4.69) is 15.3 Å². The molecule has 1 atom stereocenters. The topological polar surface area (TPSA) is 80.0 Å². The standard InChI is InChI=1S/C11H14N4O2/c1-3-7(11(16)17)14-10-9-8(4-5-12-10)15(2)6-13-9/h4-7H,3H2,1-2H3,(H,12,14)(H,16,17). The Kier molecular flexibility index (Phi) is 2.95. The Balaban J connectivity index is 2.38. The van der Waals surface area contributed by atoms with Gasteiger partial charge >= 0.3 is 5.97 Å². The molecule has 6 heteroatoms. The number of hydrogen-bond acceptors (Lipinski definition) is 4. The molecule has 0 aliphatic heterocycles. The van der Waals surface area contributed by atoms with Gasteiger partial charge in [-0.3, -0.25) is 0 Å². The largest absolute Gasteiger partial charge is 0.480 e. The lowest BCUT2D eigenvalue weighted by atomic mass is 10.2. The van der Waals surface area contributed by atoms with Gasteiger partial charge < -0.3 is 15.0 Å². The molecule has 17 heavy (non-hydrogen) atoms. The predicted molar refractivity (Wildman–Crippen MR) is 63.8 cm³/mol. The number of carbonyl (C=O) groups is 1. The molecule has 0 aliphatic carbocycles. The molecule has 0 aromatic carbocycles. The highest BCUT2D eigenvalue weighted by Gasteiger charge is 2.17. The molecule has 2 rings (SSSR count). The molecule has 0 fully saturated rings. The van der Waals surface area contributed by atoms with Crippen LogP contribution in [0.4, 0.5) is 5.82 Å². The highest BCUT2D eigenvalue weighted by atomic mass is 16.4. The van der Waals surface area contributed by atoms with Crippen molar-refractivity contribution in [1.29, 1.82) is 0 Å². The number of pyridine rings is 1. The summed E-state index contributed by atoms with van der Waals surface area (Å²) in [6.45, 7) is 1.81. The normalized spacial score (nSPS) is 12.6. The zero-order chi connectivity index (χ0) is 12.4. The fourth-order valence-corrected chi connectivity index (χ4v) is 1.67.